The molecule has 152 valence electrons. The number of benzene rings is 1. The van der Waals surface area contributed by atoms with Gasteiger partial charge >= 0.3 is 5.97 Å². The highest BCUT2D eigenvalue weighted by molar-refractivity contribution is 7.99. The summed E-state index contributed by atoms with van der Waals surface area (Å²) >= 11 is 1.89. The van der Waals surface area contributed by atoms with Crippen molar-refractivity contribution in [3.05, 3.63) is 35.6 Å². The number of nitrogens with one attached hydrogen (secondary N) is 1. The number of carbonyl (C=O) groups is 2. The van der Waals surface area contributed by atoms with Crippen molar-refractivity contribution in [3.8, 4) is 0 Å². The summed E-state index contributed by atoms with van der Waals surface area (Å²) in [5, 5.41) is 4.37. The number of para-hydroxylation sites is 1. The van der Waals surface area contributed by atoms with Gasteiger partial charge in [-0.15, -0.1) is 0 Å². The first-order valence-electron chi connectivity index (χ1n) is 10.2. The average molecular weight is 404 g/mol. The number of amides is 1. The lowest BCUT2D eigenvalue weighted by molar-refractivity contribution is -0.124. The first kappa shape index (κ1) is 20.8. The van der Waals surface area contributed by atoms with E-state index in [1.165, 1.54) is 32.1 Å². The lowest BCUT2D eigenvalue weighted by Gasteiger charge is -2.20. The maximum atomic E-state index is 12.6. The van der Waals surface area contributed by atoms with Crippen molar-refractivity contribution in [1.82, 2.24) is 5.32 Å². The third-order valence-corrected chi connectivity index (χ3v) is 6.65. The van der Waals surface area contributed by atoms with Crippen LogP contribution in [0, 0.1) is 0 Å². The summed E-state index contributed by atoms with van der Waals surface area (Å²) in [6.45, 7) is 3.61. The Kier molecular flexibility index (Phi) is 7.43. The molecule has 1 aromatic carbocycles. The van der Waals surface area contributed by atoms with Crippen LogP contribution in [-0.4, -0.2) is 29.8 Å². The van der Waals surface area contributed by atoms with E-state index in [-0.39, 0.29) is 24.3 Å². The zero-order valence-electron chi connectivity index (χ0n) is 16.7. The first-order valence-corrected chi connectivity index (χ1v) is 11.2. The van der Waals surface area contributed by atoms with Crippen LogP contribution in [0.1, 0.15) is 68.5 Å². The van der Waals surface area contributed by atoms with Crippen LogP contribution in [0.5, 0.6) is 0 Å². The van der Waals surface area contributed by atoms with Gasteiger partial charge in [0.1, 0.15) is 5.58 Å². The summed E-state index contributed by atoms with van der Waals surface area (Å²) in [7, 11) is 0. The Bertz CT molecular complexity index is 810. The first-order chi connectivity index (χ1) is 13.6. The van der Waals surface area contributed by atoms with Crippen molar-refractivity contribution in [3.63, 3.8) is 0 Å². The van der Waals surface area contributed by atoms with Crippen LogP contribution in [0.4, 0.5) is 0 Å². The molecule has 1 N–H and O–H groups in total. The minimum absolute atomic E-state index is 0.0554. The van der Waals surface area contributed by atoms with E-state index in [4.69, 9.17) is 9.15 Å². The molecule has 3 rings (SSSR count). The topological polar surface area (TPSA) is 68.5 Å². The van der Waals surface area contributed by atoms with E-state index in [0.29, 0.717) is 16.6 Å². The second kappa shape index (κ2) is 10.0. The van der Waals surface area contributed by atoms with E-state index in [1.54, 1.807) is 0 Å². The number of esters is 1. The normalized spacial score (nSPS) is 16.1. The van der Waals surface area contributed by atoms with Gasteiger partial charge in [0.15, 0.2) is 6.61 Å². The Morgan fingerprint density at radius 1 is 1.25 bits per heavy atom. The number of hydrogen-bond acceptors (Lipinski definition) is 5. The second-order valence-corrected chi connectivity index (χ2v) is 8.72. The van der Waals surface area contributed by atoms with Crippen molar-refractivity contribution in [2.75, 3.05) is 6.61 Å². The number of ether oxygens (including phenoxy) is 1. The van der Waals surface area contributed by atoms with E-state index in [2.05, 4.69) is 5.32 Å². The van der Waals surface area contributed by atoms with Gasteiger partial charge in [-0.1, -0.05) is 44.4 Å². The Morgan fingerprint density at radius 3 is 2.75 bits per heavy atom. The molecule has 1 aliphatic rings. The standard InChI is InChI=1S/C22H29NO4S/c1-3-15(2)23-20(24)13-26-22(25)21-18(14-28-16-9-5-4-6-10-16)17-11-7-8-12-19(17)27-21/h7-8,11-12,15-16H,3-6,9-10,13-14H2,1-2H3,(H,23,24)/t15-/m1/s1. The van der Waals surface area contributed by atoms with Crippen molar-refractivity contribution in [1.29, 1.82) is 0 Å². The van der Waals surface area contributed by atoms with E-state index >= 15 is 0 Å². The molecule has 1 atom stereocenters. The zero-order chi connectivity index (χ0) is 19.9. The molecule has 1 heterocycles. The smallest absolute Gasteiger partial charge is 0.375 e. The second-order valence-electron chi connectivity index (χ2n) is 7.43. The van der Waals surface area contributed by atoms with Gasteiger partial charge in [-0.25, -0.2) is 4.79 Å². The maximum Gasteiger partial charge on any atom is 0.375 e. The van der Waals surface area contributed by atoms with Crippen LogP contribution in [0.3, 0.4) is 0 Å². The predicted molar refractivity (Wildman–Crippen MR) is 113 cm³/mol. The monoisotopic (exact) mass is 403 g/mol. The van der Waals surface area contributed by atoms with Gasteiger partial charge in [0.05, 0.1) is 0 Å². The van der Waals surface area contributed by atoms with Gasteiger partial charge in [-0.2, -0.15) is 11.8 Å². The third kappa shape index (κ3) is 5.31. The van der Waals surface area contributed by atoms with Gasteiger partial charge in [0.2, 0.25) is 5.76 Å². The fourth-order valence-corrected chi connectivity index (χ4v) is 4.81. The summed E-state index contributed by atoms with van der Waals surface area (Å²) in [6, 6.07) is 7.72. The van der Waals surface area contributed by atoms with Crippen LogP contribution in [-0.2, 0) is 15.3 Å². The number of carbonyl (C=O) groups excluding carboxylic acids is 2. The van der Waals surface area contributed by atoms with E-state index < -0.39 is 5.97 Å². The van der Waals surface area contributed by atoms with Crippen LogP contribution >= 0.6 is 11.8 Å². The number of thioether (sulfide) groups is 1. The van der Waals surface area contributed by atoms with Gasteiger partial charge in [-0.05, 0) is 32.3 Å². The molecule has 1 amide bonds. The summed E-state index contributed by atoms with van der Waals surface area (Å²) in [5.41, 5.74) is 1.55. The highest BCUT2D eigenvalue weighted by Gasteiger charge is 2.24. The van der Waals surface area contributed by atoms with Crippen molar-refractivity contribution in [2.24, 2.45) is 0 Å². The molecule has 0 bridgehead atoms. The number of hydrogen-bond donors (Lipinski definition) is 1. The Balaban J connectivity index is 1.70. The molecule has 0 aliphatic heterocycles. The molecule has 1 aromatic heterocycles. The average Bonchev–Trinajstić information content (AvgIpc) is 3.10. The van der Waals surface area contributed by atoms with Crippen LogP contribution in [0.15, 0.2) is 28.7 Å². The fourth-order valence-electron chi connectivity index (χ4n) is 3.46. The summed E-state index contributed by atoms with van der Waals surface area (Å²) in [5.74, 6) is 0.0677. The number of furan rings is 1. The van der Waals surface area contributed by atoms with Crippen LogP contribution in [0.25, 0.3) is 11.0 Å². The molecule has 28 heavy (non-hydrogen) atoms. The van der Waals surface area contributed by atoms with Crippen molar-refractivity contribution >= 4 is 34.6 Å². The van der Waals surface area contributed by atoms with Crippen molar-refractivity contribution in [2.45, 2.75) is 69.4 Å². The predicted octanol–water partition coefficient (Wildman–Crippen LogP) is 5.07. The fraction of sp³-hybridized carbons (Fsp3) is 0.545. The molecule has 5 nitrogen and oxygen atoms in total. The summed E-state index contributed by atoms with van der Waals surface area (Å²) < 4.78 is 11.1. The molecule has 1 aliphatic carbocycles. The molecule has 0 radical (unpaired) electrons. The molecule has 6 heteroatoms. The largest absolute Gasteiger partial charge is 0.450 e. The molecule has 1 fully saturated rings. The molecule has 0 spiro atoms. The van der Waals surface area contributed by atoms with Crippen LogP contribution in [0.2, 0.25) is 0 Å². The Hall–Kier alpha value is -1.95. The van der Waals surface area contributed by atoms with Gasteiger partial charge in [0.25, 0.3) is 5.91 Å². The highest BCUT2D eigenvalue weighted by atomic mass is 32.2. The highest BCUT2D eigenvalue weighted by Crippen LogP contribution is 2.35. The molecular formula is C22H29NO4S. The van der Waals surface area contributed by atoms with Gasteiger partial charge in [-0.3, -0.25) is 4.79 Å². The maximum absolute atomic E-state index is 12.6. The minimum atomic E-state index is -0.574. The molecule has 2 aromatic rings. The van der Waals surface area contributed by atoms with E-state index in [9.17, 15) is 9.59 Å². The van der Waals surface area contributed by atoms with E-state index in [1.807, 2.05) is 49.9 Å². The van der Waals surface area contributed by atoms with Gasteiger partial charge < -0.3 is 14.5 Å². The SMILES string of the molecule is CC[C@@H](C)NC(=O)COC(=O)c1oc2ccccc2c1CSC1CCCCC1. The lowest BCUT2D eigenvalue weighted by atomic mass is 10.0. The third-order valence-electron chi connectivity index (χ3n) is 5.25. The van der Waals surface area contributed by atoms with Crippen LogP contribution < -0.4 is 5.32 Å². The van der Waals surface area contributed by atoms with Gasteiger partial charge in [0, 0.05) is 28.0 Å². The number of rotatable bonds is 8. The summed E-state index contributed by atoms with van der Waals surface area (Å²) in [4.78, 5) is 24.6. The quantitative estimate of drug-likeness (QED) is 0.623. The molecule has 1 saturated carbocycles. The number of fused-ring (bicyclic) bond motifs is 1. The minimum Gasteiger partial charge on any atom is -0.450 e. The Morgan fingerprint density at radius 2 is 2.00 bits per heavy atom. The lowest BCUT2D eigenvalue weighted by Crippen LogP contribution is -2.35. The molecule has 0 saturated heterocycles. The molecule has 0 unspecified atom stereocenters. The van der Waals surface area contributed by atoms with Crippen molar-refractivity contribution < 1.29 is 18.7 Å². The summed E-state index contributed by atoms with van der Waals surface area (Å²) in [6.07, 6.45) is 7.17. The molecular weight excluding hydrogens is 374 g/mol. The Labute approximate surface area is 170 Å². The zero-order valence-corrected chi connectivity index (χ0v) is 17.5. The van der Waals surface area contributed by atoms with E-state index in [0.717, 1.165) is 17.4 Å².